The molecule has 0 saturated carbocycles. The number of primary amides is 1. The summed E-state index contributed by atoms with van der Waals surface area (Å²) in [5.41, 5.74) is 6.16. The van der Waals surface area contributed by atoms with Crippen molar-refractivity contribution >= 4 is 19.4 Å². The fourth-order valence-electron chi connectivity index (χ4n) is 3.05. The number of alkyl carbamates (subject to hydrolysis) is 1. The van der Waals surface area contributed by atoms with Gasteiger partial charge in [0.1, 0.15) is 11.5 Å². The summed E-state index contributed by atoms with van der Waals surface area (Å²) in [5.74, 6) is -1.43. The monoisotopic (exact) mass is 446 g/mol. The molecule has 0 aliphatic carbocycles. The number of carbonyl (C=O) groups excluding carboxylic acids is 2. The molecule has 0 aromatic heterocycles. The Bertz CT molecular complexity index is 815. The van der Waals surface area contributed by atoms with Crippen molar-refractivity contribution < 1.29 is 23.4 Å². The Labute approximate surface area is 183 Å². The summed E-state index contributed by atoms with van der Waals surface area (Å²) in [6.07, 6.45) is 2.79. The van der Waals surface area contributed by atoms with E-state index < -0.39 is 25.2 Å². The molecule has 31 heavy (non-hydrogen) atoms. The summed E-state index contributed by atoms with van der Waals surface area (Å²) in [5, 5.41) is 2.57. The molecule has 2 atom stereocenters. The zero-order valence-electron chi connectivity index (χ0n) is 17.9. The van der Waals surface area contributed by atoms with Crippen molar-refractivity contribution in [1.82, 2.24) is 5.32 Å². The molecular formula is C23H31N2O5P. The van der Waals surface area contributed by atoms with Crippen LogP contribution in [0.25, 0.3) is 0 Å². The Morgan fingerprint density at radius 3 is 2.26 bits per heavy atom. The van der Waals surface area contributed by atoms with E-state index in [9.17, 15) is 14.2 Å². The first-order valence-electron chi connectivity index (χ1n) is 10.5. The average Bonchev–Trinajstić information content (AvgIpc) is 2.74. The van der Waals surface area contributed by atoms with E-state index in [4.69, 9.17) is 15.0 Å². The summed E-state index contributed by atoms with van der Waals surface area (Å²) < 4.78 is 25.2. The van der Waals surface area contributed by atoms with Crippen LogP contribution in [0.15, 0.2) is 60.7 Å². The molecule has 2 rings (SSSR count). The number of nitrogens with two attached hydrogens (primary N) is 1. The minimum Gasteiger partial charge on any atom is -0.450 e. The molecule has 7 nitrogen and oxygen atoms in total. The van der Waals surface area contributed by atoms with Crippen LogP contribution in [0, 0.1) is 0 Å². The first kappa shape index (κ1) is 24.5. The predicted molar refractivity (Wildman–Crippen MR) is 121 cm³/mol. The molecule has 0 aliphatic rings. The number of carbonyl (C=O) groups is 2. The van der Waals surface area contributed by atoms with Gasteiger partial charge in [-0.3, -0.25) is 9.36 Å². The Morgan fingerprint density at radius 2 is 1.65 bits per heavy atom. The van der Waals surface area contributed by atoms with Gasteiger partial charge in [0, 0.05) is 0 Å². The topological polar surface area (TPSA) is 108 Å². The molecule has 2 aromatic rings. The van der Waals surface area contributed by atoms with E-state index in [0.717, 1.165) is 31.2 Å². The highest BCUT2D eigenvalue weighted by Gasteiger charge is 2.38. The van der Waals surface area contributed by atoms with Crippen molar-refractivity contribution in [3.8, 4) is 5.75 Å². The molecule has 1 unspecified atom stereocenters. The number of ether oxygens (including phenoxy) is 1. The highest BCUT2D eigenvalue weighted by Crippen LogP contribution is 2.54. The lowest BCUT2D eigenvalue weighted by Gasteiger charge is -2.28. The third kappa shape index (κ3) is 8.85. The second-order valence-corrected chi connectivity index (χ2v) is 9.88. The lowest BCUT2D eigenvalue weighted by atomic mass is 10.2. The van der Waals surface area contributed by atoms with Crippen LogP contribution < -0.4 is 15.6 Å². The number of amides is 2. The van der Waals surface area contributed by atoms with Gasteiger partial charge >= 0.3 is 6.09 Å². The summed E-state index contributed by atoms with van der Waals surface area (Å²) in [7, 11) is -3.64. The van der Waals surface area contributed by atoms with Crippen molar-refractivity contribution in [2.75, 3.05) is 6.61 Å². The molecule has 0 radical (unpaired) electrons. The third-order valence-corrected chi connectivity index (χ3v) is 7.22. The highest BCUT2D eigenvalue weighted by molar-refractivity contribution is 7.59. The Balaban J connectivity index is 2.20. The summed E-state index contributed by atoms with van der Waals surface area (Å²) in [4.78, 5) is 24.1. The standard InChI is InChI=1S/C23H31N2O5P/c1-2-3-4-11-16-29-23(27)25-22(17-21(24)26)31(28,18-19-12-7-5-8-13-19)30-20-14-9-6-10-15-20/h5-10,12-15,22H,2-4,11,16-18H2,1H3,(H2,24,26)(H,25,27)/t22-,31?/m0/s1. The van der Waals surface area contributed by atoms with Gasteiger partial charge in [-0.1, -0.05) is 74.7 Å². The summed E-state index contributed by atoms with van der Waals surface area (Å²) in [6, 6.07) is 17.8. The van der Waals surface area contributed by atoms with E-state index in [2.05, 4.69) is 12.2 Å². The van der Waals surface area contributed by atoms with Gasteiger partial charge in [-0.2, -0.15) is 0 Å². The zero-order chi connectivity index (χ0) is 22.5. The first-order chi connectivity index (χ1) is 14.9. The molecule has 0 spiro atoms. The number of hydrogen-bond acceptors (Lipinski definition) is 5. The maximum absolute atomic E-state index is 14.0. The quantitative estimate of drug-likeness (QED) is 0.331. The number of rotatable bonds is 13. The maximum atomic E-state index is 14.0. The zero-order valence-corrected chi connectivity index (χ0v) is 18.8. The number of hydrogen-bond donors (Lipinski definition) is 2. The second kappa shape index (κ2) is 12.8. The van der Waals surface area contributed by atoms with Crippen LogP contribution >= 0.6 is 7.37 Å². The van der Waals surface area contributed by atoms with Crippen LogP contribution in [0.1, 0.15) is 44.6 Å². The van der Waals surface area contributed by atoms with Crippen LogP contribution in [-0.4, -0.2) is 24.4 Å². The van der Waals surface area contributed by atoms with E-state index in [1.165, 1.54) is 0 Å². The molecule has 8 heteroatoms. The van der Waals surface area contributed by atoms with E-state index in [0.29, 0.717) is 5.75 Å². The lowest BCUT2D eigenvalue weighted by molar-refractivity contribution is -0.118. The van der Waals surface area contributed by atoms with Crippen LogP contribution in [-0.2, 0) is 20.3 Å². The van der Waals surface area contributed by atoms with Crippen LogP contribution in [0.3, 0.4) is 0 Å². The molecule has 2 amide bonds. The molecule has 0 saturated heterocycles. The van der Waals surface area contributed by atoms with Gasteiger partial charge in [-0.05, 0) is 24.1 Å². The normalized spacial score (nSPS) is 13.6. The van der Waals surface area contributed by atoms with Crippen LogP contribution in [0.4, 0.5) is 4.79 Å². The average molecular weight is 446 g/mol. The molecule has 0 bridgehead atoms. The molecule has 168 valence electrons. The number of unbranched alkanes of at least 4 members (excludes halogenated alkanes) is 3. The van der Waals surface area contributed by atoms with Crippen molar-refractivity contribution in [2.24, 2.45) is 5.73 Å². The maximum Gasteiger partial charge on any atom is 0.407 e. The Morgan fingerprint density at radius 1 is 1.00 bits per heavy atom. The number of benzene rings is 2. The molecule has 2 aromatic carbocycles. The Kier molecular flexibility index (Phi) is 10.1. The van der Waals surface area contributed by atoms with Gasteiger partial charge in [-0.25, -0.2) is 4.79 Å². The van der Waals surface area contributed by atoms with E-state index in [-0.39, 0.29) is 19.2 Å². The Hall–Kier alpha value is -2.79. The van der Waals surface area contributed by atoms with Crippen LogP contribution in [0.5, 0.6) is 5.75 Å². The van der Waals surface area contributed by atoms with E-state index >= 15 is 0 Å². The first-order valence-corrected chi connectivity index (χ1v) is 12.4. The highest BCUT2D eigenvalue weighted by atomic mass is 31.2. The van der Waals surface area contributed by atoms with Gasteiger partial charge in [0.2, 0.25) is 5.91 Å². The summed E-state index contributed by atoms with van der Waals surface area (Å²) in [6.45, 7) is 2.34. The fourth-order valence-corrected chi connectivity index (χ4v) is 5.42. The largest absolute Gasteiger partial charge is 0.450 e. The van der Waals surface area contributed by atoms with Crippen molar-refractivity contribution in [3.05, 3.63) is 66.2 Å². The predicted octanol–water partition coefficient (Wildman–Crippen LogP) is 5.05. The van der Waals surface area contributed by atoms with Gasteiger partial charge < -0.3 is 20.3 Å². The third-order valence-electron chi connectivity index (χ3n) is 4.63. The molecule has 0 fully saturated rings. The van der Waals surface area contributed by atoms with Crippen molar-refractivity contribution in [3.63, 3.8) is 0 Å². The van der Waals surface area contributed by atoms with Gasteiger partial charge in [0.25, 0.3) is 7.37 Å². The number of nitrogens with one attached hydrogen (secondary N) is 1. The van der Waals surface area contributed by atoms with Crippen molar-refractivity contribution in [1.29, 1.82) is 0 Å². The van der Waals surface area contributed by atoms with Gasteiger partial charge in [-0.15, -0.1) is 0 Å². The lowest BCUT2D eigenvalue weighted by Crippen LogP contribution is -2.39. The smallest absolute Gasteiger partial charge is 0.407 e. The van der Waals surface area contributed by atoms with E-state index in [1.54, 1.807) is 24.3 Å². The molecular weight excluding hydrogens is 415 g/mol. The van der Waals surface area contributed by atoms with Gasteiger partial charge in [0.05, 0.1) is 19.2 Å². The SMILES string of the molecule is CCCCCCOC(=O)N[C@H](CC(N)=O)P(=O)(Cc1ccccc1)Oc1ccccc1. The molecule has 3 N–H and O–H groups in total. The van der Waals surface area contributed by atoms with E-state index in [1.807, 2.05) is 36.4 Å². The fraction of sp³-hybridized carbons (Fsp3) is 0.391. The molecule has 0 heterocycles. The minimum atomic E-state index is -3.64. The number of para-hydroxylation sites is 1. The molecule has 0 aliphatic heterocycles. The summed E-state index contributed by atoms with van der Waals surface area (Å²) >= 11 is 0. The second-order valence-electron chi connectivity index (χ2n) is 7.30. The van der Waals surface area contributed by atoms with Crippen LogP contribution in [0.2, 0.25) is 0 Å². The van der Waals surface area contributed by atoms with Gasteiger partial charge in [0.15, 0.2) is 0 Å². The van der Waals surface area contributed by atoms with Crippen molar-refractivity contribution in [2.45, 2.75) is 51.0 Å². The minimum absolute atomic E-state index is 0.0253.